The Kier molecular flexibility index (Phi) is 18.1. The van der Waals surface area contributed by atoms with Crippen molar-refractivity contribution >= 4 is 5.97 Å². The summed E-state index contributed by atoms with van der Waals surface area (Å²) < 4.78 is 0. The summed E-state index contributed by atoms with van der Waals surface area (Å²) in [5.41, 5.74) is 0. The smallest absolute Gasteiger partial charge is 0.303 e. The maximum Gasteiger partial charge on any atom is 0.303 e. The second-order valence-electron chi connectivity index (χ2n) is 6.46. The Labute approximate surface area is 170 Å². The van der Waals surface area contributed by atoms with Crippen LogP contribution >= 0.6 is 0 Å². The van der Waals surface area contributed by atoms with Gasteiger partial charge in [-0.1, -0.05) is 79.8 Å². The van der Waals surface area contributed by atoms with Crippen molar-refractivity contribution in [2.75, 3.05) is 0 Å². The van der Waals surface area contributed by atoms with E-state index in [0.717, 1.165) is 32.1 Å². The van der Waals surface area contributed by atoms with Gasteiger partial charge in [0.2, 0.25) is 0 Å². The van der Waals surface area contributed by atoms with Crippen LogP contribution in [0.3, 0.4) is 0 Å². The highest BCUT2D eigenvalue weighted by Crippen LogP contribution is 2.02. The number of aliphatic carboxylic acids is 1. The molecule has 0 saturated heterocycles. The minimum atomic E-state index is -0.735. The first-order valence-corrected chi connectivity index (χ1v) is 10.1. The molecule has 3 N–H and O–H groups in total. The Hall–Kier alpha value is -2.17. The number of hydrogen-bond donors (Lipinski definition) is 3. The van der Waals surface area contributed by atoms with Gasteiger partial charge in [0.25, 0.3) is 0 Å². The van der Waals surface area contributed by atoms with Gasteiger partial charge in [-0.3, -0.25) is 4.79 Å². The number of aliphatic hydroxyl groups excluding tert-OH is 2. The molecular formula is C24H36O4. The molecule has 156 valence electrons. The zero-order chi connectivity index (χ0) is 20.9. The molecule has 0 bridgehead atoms. The summed E-state index contributed by atoms with van der Waals surface area (Å²) in [6.07, 6.45) is 27.6. The number of carboxylic acids is 1. The minimum absolute atomic E-state index is 0.239. The topological polar surface area (TPSA) is 77.8 Å². The molecular weight excluding hydrogens is 352 g/mol. The third-order valence-corrected chi connectivity index (χ3v) is 3.77. The molecule has 0 unspecified atom stereocenters. The number of aliphatic hydroxyl groups is 2. The van der Waals surface area contributed by atoms with E-state index in [-0.39, 0.29) is 6.42 Å². The van der Waals surface area contributed by atoms with E-state index < -0.39 is 18.2 Å². The predicted molar refractivity (Wildman–Crippen MR) is 117 cm³/mol. The molecule has 0 aliphatic rings. The monoisotopic (exact) mass is 388 g/mol. The highest BCUT2D eigenvalue weighted by atomic mass is 16.4. The summed E-state index contributed by atoms with van der Waals surface area (Å²) in [5.74, 6) is -0.735. The molecule has 0 radical (unpaired) electrons. The van der Waals surface area contributed by atoms with Gasteiger partial charge in [-0.05, 0) is 44.9 Å². The van der Waals surface area contributed by atoms with Crippen LogP contribution in [0, 0.1) is 0 Å². The Balaban J connectivity index is 3.81. The van der Waals surface area contributed by atoms with Crippen LogP contribution in [0.4, 0.5) is 0 Å². The van der Waals surface area contributed by atoms with Crippen LogP contribution in [0.25, 0.3) is 0 Å². The standard InChI is InChI=1S/C24H36O4/c1-2-3-12-17-22(25)19-14-10-11-15-20-23(26)18-13-8-6-4-5-7-9-16-21-24(27)28/h3-5,8,10-15,19-20,22-23,25-26H,2,6-7,9,16-18,21H2,1H3,(H,27,28)/b5-4-,11-10+,12-3-,13-8-,19-14-,20-15+/t22-,23-/m1/s1. The number of carbonyl (C=O) groups is 1. The van der Waals surface area contributed by atoms with E-state index in [1.54, 1.807) is 24.3 Å². The Morgan fingerprint density at radius 3 is 1.93 bits per heavy atom. The average molecular weight is 389 g/mol. The molecule has 2 atom stereocenters. The maximum atomic E-state index is 10.4. The van der Waals surface area contributed by atoms with Crippen molar-refractivity contribution in [2.24, 2.45) is 0 Å². The van der Waals surface area contributed by atoms with E-state index in [0.29, 0.717) is 12.8 Å². The van der Waals surface area contributed by atoms with Crippen LogP contribution in [-0.4, -0.2) is 33.5 Å². The molecule has 28 heavy (non-hydrogen) atoms. The zero-order valence-corrected chi connectivity index (χ0v) is 17.0. The van der Waals surface area contributed by atoms with Gasteiger partial charge in [-0.2, -0.15) is 0 Å². The molecule has 0 aromatic heterocycles. The molecule has 0 saturated carbocycles. The molecule has 4 heteroatoms. The van der Waals surface area contributed by atoms with E-state index in [1.807, 2.05) is 36.5 Å². The van der Waals surface area contributed by atoms with Crippen molar-refractivity contribution in [1.82, 2.24) is 0 Å². The number of carboxylic acid groups (broad SMARTS) is 1. The summed E-state index contributed by atoms with van der Waals surface area (Å²) in [7, 11) is 0. The van der Waals surface area contributed by atoms with Crippen LogP contribution in [-0.2, 0) is 4.79 Å². The van der Waals surface area contributed by atoms with Crippen LogP contribution in [0.2, 0.25) is 0 Å². The molecule has 0 aromatic rings. The number of hydrogen-bond acceptors (Lipinski definition) is 3. The van der Waals surface area contributed by atoms with E-state index in [1.165, 1.54) is 0 Å². The number of rotatable bonds is 16. The van der Waals surface area contributed by atoms with Crippen molar-refractivity contribution < 1.29 is 20.1 Å². The van der Waals surface area contributed by atoms with Gasteiger partial charge in [0, 0.05) is 6.42 Å². The Bertz CT molecular complexity index is 553. The lowest BCUT2D eigenvalue weighted by Gasteiger charge is -1.99. The highest BCUT2D eigenvalue weighted by molar-refractivity contribution is 5.66. The summed E-state index contributed by atoms with van der Waals surface area (Å²) in [6, 6.07) is 0. The molecule has 0 aromatic carbocycles. The van der Waals surface area contributed by atoms with Gasteiger partial charge >= 0.3 is 5.97 Å². The minimum Gasteiger partial charge on any atom is -0.481 e. The first kappa shape index (κ1) is 25.8. The summed E-state index contributed by atoms with van der Waals surface area (Å²) >= 11 is 0. The molecule has 0 amide bonds. The predicted octanol–water partition coefficient (Wildman–Crippen LogP) is 5.27. The molecule has 0 spiro atoms. The fraction of sp³-hybridized carbons (Fsp3) is 0.458. The first-order valence-electron chi connectivity index (χ1n) is 10.1. The van der Waals surface area contributed by atoms with Crippen molar-refractivity contribution in [3.8, 4) is 0 Å². The van der Waals surface area contributed by atoms with Crippen LogP contribution in [0.5, 0.6) is 0 Å². The van der Waals surface area contributed by atoms with Crippen LogP contribution in [0.1, 0.15) is 58.3 Å². The SMILES string of the molecule is CC/C=C\C[C@@H](O)\C=C/C=C/C=C/[C@H](O)C/C=C\C/C=C\CCCCC(=O)O. The molecule has 0 aliphatic heterocycles. The van der Waals surface area contributed by atoms with E-state index in [9.17, 15) is 15.0 Å². The van der Waals surface area contributed by atoms with Crippen LogP contribution in [0.15, 0.2) is 72.9 Å². The fourth-order valence-electron chi connectivity index (χ4n) is 2.24. The summed E-state index contributed by atoms with van der Waals surface area (Å²) in [6.45, 7) is 2.06. The fourth-order valence-corrected chi connectivity index (χ4v) is 2.24. The zero-order valence-electron chi connectivity index (χ0n) is 17.0. The number of allylic oxidation sites excluding steroid dienone is 8. The van der Waals surface area contributed by atoms with Gasteiger partial charge in [-0.15, -0.1) is 0 Å². The largest absolute Gasteiger partial charge is 0.481 e. The average Bonchev–Trinajstić information content (AvgIpc) is 2.66. The molecule has 4 nitrogen and oxygen atoms in total. The summed E-state index contributed by atoms with van der Waals surface area (Å²) in [4.78, 5) is 10.4. The third-order valence-electron chi connectivity index (χ3n) is 3.77. The first-order chi connectivity index (χ1) is 13.6. The second kappa shape index (κ2) is 19.6. The van der Waals surface area contributed by atoms with Crippen molar-refractivity contribution in [2.45, 2.75) is 70.5 Å². The van der Waals surface area contributed by atoms with E-state index in [2.05, 4.69) is 19.1 Å². The normalized spacial score (nSPS) is 15.2. The van der Waals surface area contributed by atoms with Gasteiger partial charge in [-0.25, -0.2) is 0 Å². The lowest BCUT2D eigenvalue weighted by atomic mass is 10.1. The molecule has 0 aliphatic carbocycles. The van der Waals surface area contributed by atoms with Crippen molar-refractivity contribution in [1.29, 1.82) is 0 Å². The maximum absolute atomic E-state index is 10.4. The van der Waals surface area contributed by atoms with Gasteiger partial charge in [0.1, 0.15) is 0 Å². The Morgan fingerprint density at radius 1 is 0.786 bits per heavy atom. The highest BCUT2D eigenvalue weighted by Gasteiger charge is 1.95. The van der Waals surface area contributed by atoms with E-state index >= 15 is 0 Å². The Morgan fingerprint density at radius 2 is 1.36 bits per heavy atom. The van der Waals surface area contributed by atoms with Gasteiger partial charge in [0.15, 0.2) is 0 Å². The van der Waals surface area contributed by atoms with Crippen LogP contribution < -0.4 is 0 Å². The van der Waals surface area contributed by atoms with Crippen molar-refractivity contribution in [3.63, 3.8) is 0 Å². The molecule has 0 fully saturated rings. The lowest BCUT2D eigenvalue weighted by Crippen LogP contribution is -1.98. The quantitative estimate of drug-likeness (QED) is 0.191. The molecule has 0 heterocycles. The van der Waals surface area contributed by atoms with Gasteiger partial charge < -0.3 is 15.3 Å². The van der Waals surface area contributed by atoms with Crippen molar-refractivity contribution in [3.05, 3.63) is 72.9 Å². The second-order valence-corrected chi connectivity index (χ2v) is 6.46. The molecule has 0 rings (SSSR count). The third kappa shape index (κ3) is 20.1. The number of unbranched alkanes of at least 4 members (excludes halogenated alkanes) is 2. The lowest BCUT2D eigenvalue weighted by molar-refractivity contribution is -0.137. The van der Waals surface area contributed by atoms with E-state index in [4.69, 9.17) is 5.11 Å². The van der Waals surface area contributed by atoms with Gasteiger partial charge in [0.05, 0.1) is 12.2 Å². The summed E-state index contributed by atoms with van der Waals surface area (Å²) in [5, 5.41) is 28.1.